The van der Waals surface area contributed by atoms with Crippen molar-refractivity contribution in [2.75, 3.05) is 18.7 Å². The summed E-state index contributed by atoms with van der Waals surface area (Å²) in [4.78, 5) is 25.8. The largest absolute Gasteiger partial charge is 0.492 e. The molecule has 1 aromatic heterocycles. The molecule has 1 amide bonds. The third-order valence-corrected chi connectivity index (χ3v) is 6.06. The Bertz CT molecular complexity index is 1200. The highest BCUT2D eigenvalue weighted by Crippen LogP contribution is 2.36. The van der Waals surface area contributed by atoms with Gasteiger partial charge in [-0.25, -0.2) is 0 Å². The van der Waals surface area contributed by atoms with Crippen LogP contribution in [-0.4, -0.2) is 23.9 Å². The normalized spacial score (nSPS) is 11.9. The number of carbonyl (C=O) groups is 1. The number of hydrogen-bond acceptors (Lipinski definition) is 7. The molecule has 2 aromatic carbocycles. The topological polar surface area (TPSA) is 78.8 Å². The number of aromatic nitrogens is 1. The maximum Gasteiger partial charge on any atom is 0.253 e. The highest BCUT2D eigenvalue weighted by atomic mass is 32.1. The van der Waals surface area contributed by atoms with Crippen molar-refractivity contribution in [2.45, 2.75) is 19.9 Å². The molecule has 3 aromatic rings. The second-order valence-corrected chi connectivity index (χ2v) is 8.34. The maximum atomic E-state index is 12.7. The van der Waals surface area contributed by atoms with Crippen molar-refractivity contribution >= 4 is 35.1 Å². The van der Waals surface area contributed by atoms with Crippen molar-refractivity contribution < 1.29 is 19.0 Å². The van der Waals surface area contributed by atoms with Gasteiger partial charge in [0.25, 0.3) is 5.56 Å². The molecule has 0 aliphatic carbocycles. The Morgan fingerprint density at radius 1 is 1.19 bits per heavy atom. The molecule has 1 aliphatic rings. The summed E-state index contributed by atoms with van der Waals surface area (Å²) in [5, 5.41) is 2.83. The van der Waals surface area contributed by atoms with E-state index in [1.807, 2.05) is 37.3 Å². The molecule has 0 atom stereocenters. The van der Waals surface area contributed by atoms with E-state index in [1.165, 1.54) is 22.0 Å². The van der Waals surface area contributed by atoms with Crippen LogP contribution in [0.2, 0.25) is 0 Å². The second-order valence-electron chi connectivity index (χ2n) is 6.66. The van der Waals surface area contributed by atoms with Crippen LogP contribution in [0.5, 0.6) is 17.2 Å². The lowest BCUT2D eigenvalue weighted by atomic mass is 10.2. The summed E-state index contributed by atoms with van der Waals surface area (Å²) in [7, 11) is 0. The van der Waals surface area contributed by atoms with Gasteiger partial charge in [0.2, 0.25) is 12.7 Å². The van der Waals surface area contributed by atoms with Crippen molar-refractivity contribution in [3.8, 4) is 27.7 Å². The lowest BCUT2D eigenvalue weighted by Crippen LogP contribution is -2.23. The number of benzene rings is 2. The smallest absolute Gasteiger partial charge is 0.253 e. The van der Waals surface area contributed by atoms with E-state index in [9.17, 15) is 9.59 Å². The van der Waals surface area contributed by atoms with Crippen LogP contribution >= 0.6 is 23.6 Å². The Morgan fingerprint density at radius 2 is 2.00 bits per heavy atom. The molecule has 31 heavy (non-hydrogen) atoms. The van der Waals surface area contributed by atoms with Crippen LogP contribution < -0.4 is 25.1 Å². The van der Waals surface area contributed by atoms with Gasteiger partial charge in [-0.2, -0.15) is 0 Å². The lowest BCUT2D eigenvalue weighted by molar-refractivity contribution is -0.116. The van der Waals surface area contributed by atoms with Crippen molar-refractivity contribution in [1.29, 1.82) is 0 Å². The molecule has 0 radical (unpaired) electrons. The van der Waals surface area contributed by atoms with Gasteiger partial charge in [-0.05, 0) is 55.0 Å². The average Bonchev–Trinajstić information content (AvgIpc) is 3.22. The molecule has 0 unspecified atom stereocenters. The lowest BCUT2D eigenvalue weighted by Gasteiger charge is -2.12. The number of hydrogen-bond donors (Lipinski definition) is 1. The SMILES string of the molecule is CCOc1ccccc1NC(=O)CCn1c(=O)cc(-c2ccc3c(c2)OCO3)sc1=S. The minimum Gasteiger partial charge on any atom is -0.492 e. The highest BCUT2D eigenvalue weighted by molar-refractivity contribution is 7.73. The zero-order valence-electron chi connectivity index (χ0n) is 16.8. The molecule has 0 bridgehead atoms. The predicted octanol–water partition coefficient (Wildman–Crippen LogP) is 4.46. The summed E-state index contributed by atoms with van der Waals surface area (Å²) in [6.45, 7) is 2.76. The molecule has 7 nitrogen and oxygen atoms in total. The summed E-state index contributed by atoms with van der Waals surface area (Å²) in [6, 6.07) is 14.3. The molecule has 0 saturated heterocycles. The van der Waals surface area contributed by atoms with Gasteiger partial charge in [0.1, 0.15) is 5.75 Å². The van der Waals surface area contributed by atoms with Gasteiger partial charge in [0.05, 0.1) is 12.3 Å². The molecule has 0 fully saturated rings. The van der Waals surface area contributed by atoms with E-state index < -0.39 is 0 Å². The summed E-state index contributed by atoms with van der Waals surface area (Å²) in [5.74, 6) is 1.70. The summed E-state index contributed by atoms with van der Waals surface area (Å²) < 4.78 is 18.1. The zero-order valence-corrected chi connectivity index (χ0v) is 18.4. The van der Waals surface area contributed by atoms with Gasteiger partial charge in [-0.1, -0.05) is 12.1 Å². The van der Waals surface area contributed by atoms with E-state index in [4.69, 9.17) is 26.4 Å². The molecule has 1 aliphatic heterocycles. The quantitative estimate of drug-likeness (QED) is 0.529. The molecular weight excluding hydrogens is 436 g/mol. The van der Waals surface area contributed by atoms with Crippen LogP contribution in [0.15, 0.2) is 53.3 Å². The van der Waals surface area contributed by atoms with E-state index in [-0.39, 0.29) is 31.2 Å². The third kappa shape index (κ3) is 4.78. The Balaban J connectivity index is 1.47. The average molecular weight is 457 g/mol. The standard InChI is InChI=1S/C22H20N2O5S2/c1-2-27-16-6-4-3-5-15(16)23-20(25)9-10-24-21(26)12-19(31-22(24)30)14-7-8-17-18(11-14)29-13-28-17/h3-8,11-12H,2,9-10,13H2,1H3,(H,23,25). The van der Waals surface area contributed by atoms with Crippen LogP contribution in [0.25, 0.3) is 10.4 Å². The zero-order chi connectivity index (χ0) is 21.8. The Hall–Kier alpha value is -3.17. The highest BCUT2D eigenvalue weighted by Gasteiger charge is 2.15. The van der Waals surface area contributed by atoms with Gasteiger partial charge in [0, 0.05) is 23.9 Å². The number of nitrogens with zero attached hydrogens (tertiary/aromatic N) is 1. The van der Waals surface area contributed by atoms with Gasteiger partial charge < -0.3 is 19.5 Å². The minimum absolute atomic E-state index is 0.111. The first-order valence-corrected chi connectivity index (χ1v) is 10.9. The van der Waals surface area contributed by atoms with E-state index in [0.717, 1.165) is 10.4 Å². The molecule has 0 saturated carbocycles. The fraction of sp³-hybridized carbons (Fsp3) is 0.227. The minimum atomic E-state index is -0.251. The molecule has 9 heteroatoms. The number of fused-ring (bicyclic) bond motifs is 1. The van der Waals surface area contributed by atoms with Gasteiger partial charge >= 0.3 is 0 Å². The van der Waals surface area contributed by atoms with Crippen molar-refractivity contribution in [1.82, 2.24) is 4.57 Å². The fourth-order valence-corrected chi connectivity index (χ4v) is 4.46. The van der Waals surface area contributed by atoms with Crippen molar-refractivity contribution in [3.63, 3.8) is 0 Å². The Labute approximate surface area is 187 Å². The predicted molar refractivity (Wildman–Crippen MR) is 122 cm³/mol. The number of rotatable bonds is 7. The van der Waals surface area contributed by atoms with Crippen LogP contribution in [0.1, 0.15) is 13.3 Å². The number of carbonyl (C=O) groups excluding carboxylic acids is 1. The summed E-state index contributed by atoms with van der Waals surface area (Å²) in [5.41, 5.74) is 1.18. The molecule has 2 heterocycles. The second kappa shape index (κ2) is 9.32. The summed E-state index contributed by atoms with van der Waals surface area (Å²) >= 11 is 6.75. The van der Waals surface area contributed by atoms with Crippen molar-refractivity contribution in [3.05, 3.63) is 62.8 Å². The van der Waals surface area contributed by atoms with Crippen molar-refractivity contribution in [2.24, 2.45) is 0 Å². The maximum absolute atomic E-state index is 12.7. The van der Waals surface area contributed by atoms with Crippen LogP contribution in [0.4, 0.5) is 5.69 Å². The van der Waals surface area contributed by atoms with E-state index in [1.54, 1.807) is 12.1 Å². The van der Waals surface area contributed by atoms with Gasteiger partial charge in [0.15, 0.2) is 15.5 Å². The fourth-order valence-electron chi connectivity index (χ4n) is 3.13. The van der Waals surface area contributed by atoms with Crippen LogP contribution in [0.3, 0.4) is 0 Å². The summed E-state index contributed by atoms with van der Waals surface area (Å²) in [6.07, 6.45) is 0.111. The molecular formula is C22H20N2O5S2. The van der Waals surface area contributed by atoms with Gasteiger partial charge in [-0.15, -0.1) is 11.3 Å². The van der Waals surface area contributed by atoms with Crippen LogP contribution in [0, 0.1) is 3.95 Å². The van der Waals surface area contributed by atoms with Crippen LogP contribution in [-0.2, 0) is 11.3 Å². The third-order valence-electron chi connectivity index (χ3n) is 4.62. The molecule has 0 spiro atoms. The first kappa shape index (κ1) is 21.1. The molecule has 160 valence electrons. The molecule has 4 rings (SSSR count). The van der Waals surface area contributed by atoms with E-state index in [2.05, 4.69) is 5.32 Å². The number of para-hydroxylation sites is 2. The number of anilines is 1. The Morgan fingerprint density at radius 3 is 2.81 bits per heavy atom. The monoisotopic (exact) mass is 456 g/mol. The Kier molecular flexibility index (Phi) is 6.34. The number of nitrogens with one attached hydrogen (secondary N) is 1. The number of ether oxygens (including phenoxy) is 3. The first-order chi connectivity index (χ1) is 15.0. The van der Waals surface area contributed by atoms with E-state index >= 15 is 0 Å². The number of amides is 1. The van der Waals surface area contributed by atoms with E-state index in [0.29, 0.717) is 33.5 Å². The van der Waals surface area contributed by atoms with Gasteiger partial charge in [-0.3, -0.25) is 14.2 Å². The molecule has 1 N–H and O–H groups in total. The first-order valence-electron chi connectivity index (χ1n) is 9.72.